The molecule has 1 aliphatic rings. The van der Waals surface area contributed by atoms with Gasteiger partial charge < -0.3 is 15.3 Å². The number of urea groups is 1. The number of hydrogen-bond donors (Lipinski definition) is 2. The van der Waals surface area contributed by atoms with E-state index in [0.29, 0.717) is 13.1 Å². The summed E-state index contributed by atoms with van der Waals surface area (Å²) in [4.78, 5) is 27.5. The highest BCUT2D eigenvalue weighted by Crippen LogP contribution is 2.22. The van der Waals surface area contributed by atoms with Crippen molar-refractivity contribution < 1.29 is 14.7 Å². The highest BCUT2D eigenvalue weighted by molar-refractivity contribution is 5.83. The molecule has 2 amide bonds. The fourth-order valence-corrected chi connectivity index (χ4v) is 2.28. The molecule has 0 bridgehead atoms. The SMILES string of the molecule is CN1CCN(C(=O)NC(C(=O)O)C(C)(C)C)CC1(C)C. The van der Waals surface area contributed by atoms with Gasteiger partial charge in [0, 0.05) is 25.2 Å². The van der Waals surface area contributed by atoms with Crippen molar-refractivity contribution in [2.75, 3.05) is 26.7 Å². The minimum atomic E-state index is -1.00. The lowest BCUT2D eigenvalue weighted by Gasteiger charge is -2.45. The lowest BCUT2D eigenvalue weighted by Crippen LogP contribution is -2.62. The quantitative estimate of drug-likeness (QED) is 0.800. The first kappa shape index (κ1) is 16.8. The Morgan fingerprint density at radius 1 is 1.25 bits per heavy atom. The zero-order valence-corrected chi connectivity index (χ0v) is 13.4. The van der Waals surface area contributed by atoms with Crippen molar-refractivity contribution in [3.63, 3.8) is 0 Å². The van der Waals surface area contributed by atoms with E-state index in [1.54, 1.807) is 25.7 Å². The number of likely N-dealkylation sites (N-methyl/N-ethyl adjacent to an activating group) is 1. The molecule has 1 saturated heterocycles. The lowest BCUT2D eigenvalue weighted by molar-refractivity contribution is -0.142. The molecular formula is C14H27N3O3. The zero-order chi connectivity index (χ0) is 15.7. The molecule has 0 aliphatic carbocycles. The van der Waals surface area contributed by atoms with E-state index in [0.717, 1.165) is 6.54 Å². The van der Waals surface area contributed by atoms with Gasteiger partial charge in [0.25, 0.3) is 0 Å². The van der Waals surface area contributed by atoms with Crippen molar-refractivity contribution in [3.05, 3.63) is 0 Å². The second-order valence-corrected chi connectivity index (χ2v) is 7.24. The maximum absolute atomic E-state index is 12.3. The average Bonchev–Trinajstić information content (AvgIpc) is 2.27. The molecule has 1 fully saturated rings. The number of nitrogens with one attached hydrogen (secondary N) is 1. The van der Waals surface area contributed by atoms with Crippen LogP contribution in [0.15, 0.2) is 0 Å². The predicted molar refractivity (Wildman–Crippen MR) is 77.7 cm³/mol. The monoisotopic (exact) mass is 285 g/mol. The van der Waals surface area contributed by atoms with Gasteiger partial charge in [-0.15, -0.1) is 0 Å². The molecule has 0 spiro atoms. The van der Waals surface area contributed by atoms with Crippen molar-refractivity contribution in [1.82, 2.24) is 15.1 Å². The number of piperazine rings is 1. The Bertz CT molecular complexity index is 388. The predicted octanol–water partition coefficient (Wildman–Crippen LogP) is 1.22. The molecular weight excluding hydrogens is 258 g/mol. The van der Waals surface area contributed by atoms with Gasteiger partial charge in [-0.2, -0.15) is 0 Å². The number of rotatable bonds is 2. The van der Waals surface area contributed by atoms with E-state index >= 15 is 0 Å². The first-order valence-corrected chi connectivity index (χ1v) is 6.94. The summed E-state index contributed by atoms with van der Waals surface area (Å²) in [6, 6.07) is -1.19. The smallest absolute Gasteiger partial charge is 0.326 e. The molecule has 1 aliphatic heterocycles. The third-order valence-electron chi connectivity index (χ3n) is 3.98. The van der Waals surface area contributed by atoms with E-state index in [4.69, 9.17) is 0 Å². The van der Waals surface area contributed by atoms with E-state index in [1.807, 2.05) is 7.05 Å². The molecule has 116 valence electrons. The van der Waals surface area contributed by atoms with E-state index in [2.05, 4.69) is 24.1 Å². The number of amides is 2. The number of carboxylic acid groups (broad SMARTS) is 1. The molecule has 6 heteroatoms. The van der Waals surface area contributed by atoms with Crippen LogP contribution in [0.2, 0.25) is 0 Å². The van der Waals surface area contributed by atoms with Crippen LogP contribution in [-0.2, 0) is 4.79 Å². The molecule has 2 N–H and O–H groups in total. The number of hydrogen-bond acceptors (Lipinski definition) is 3. The maximum Gasteiger partial charge on any atom is 0.326 e. The minimum absolute atomic E-state index is 0.101. The van der Waals surface area contributed by atoms with Crippen LogP contribution < -0.4 is 5.32 Å². The van der Waals surface area contributed by atoms with Gasteiger partial charge in [0.1, 0.15) is 6.04 Å². The Kier molecular flexibility index (Phi) is 4.69. The van der Waals surface area contributed by atoms with Crippen LogP contribution in [-0.4, -0.2) is 65.2 Å². The summed E-state index contributed by atoms with van der Waals surface area (Å²) in [6.45, 7) is 11.6. The minimum Gasteiger partial charge on any atom is -0.480 e. The zero-order valence-electron chi connectivity index (χ0n) is 13.4. The number of aliphatic carboxylic acids is 1. The third kappa shape index (κ3) is 3.85. The van der Waals surface area contributed by atoms with Gasteiger partial charge in [0.05, 0.1) is 0 Å². The van der Waals surface area contributed by atoms with E-state index in [9.17, 15) is 14.7 Å². The van der Waals surface area contributed by atoms with Crippen molar-refractivity contribution in [1.29, 1.82) is 0 Å². The second-order valence-electron chi connectivity index (χ2n) is 7.24. The molecule has 0 aromatic heterocycles. The molecule has 0 aromatic carbocycles. The lowest BCUT2D eigenvalue weighted by atomic mass is 9.87. The molecule has 1 heterocycles. The molecule has 0 aromatic rings. The Balaban J connectivity index is 2.74. The van der Waals surface area contributed by atoms with Crippen LogP contribution in [0.25, 0.3) is 0 Å². The molecule has 0 saturated carbocycles. The Labute approximate surface area is 121 Å². The first-order chi connectivity index (χ1) is 8.95. The summed E-state index contributed by atoms with van der Waals surface area (Å²) in [5, 5.41) is 11.9. The maximum atomic E-state index is 12.3. The van der Waals surface area contributed by atoms with Gasteiger partial charge in [0.2, 0.25) is 0 Å². The van der Waals surface area contributed by atoms with Crippen LogP contribution >= 0.6 is 0 Å². The van der Waals surface area contributed by atoms with Gasteiger partial charge in [-0.05, 0) is 26.3 Å². The summed E-state index contributed by atoms with van der Waals surface area (Å²) >= 11 is 0. The van der Waals surface area contributed by atoms with Crippen molar-refractivity contribution in [3.8, 4) is 0 Å². The van der Waals surface area contributed by atoms with Gasteiger partial charge in [-0.25, -0.2) is 9.59 Å². The summed E-state index contributed by atoms with van der Waals surface area (Å²) in [5.41, 5.74) is -0.625. The molecule has 1 unspecified atom stereocenters. The van der Waals surface area contributed by atoms with E-state index < -0.39 is 17.4 Å². The Hall–Kier alpha value is -1.30. The van der Waals surface area contributed by atoms with Crippen molar-refractivity contribution >= 4 is 12.0 Å². The first-order valence-electron chi connectivity index (χ1n) is 6.94. The van der Waals surface area contributed by atoms with Crippen molar-refractivity contribution in [2.24, 2.45) is 5.41 Å². The van der Waals surface area contributed by atoms with Gasteiger partial charge in [-0.1, -0.05) is 20.8 Å². The number of carbonyl (C=O) groups is 2. The number of carboxylic acids is 1. The van der Waals surface area contributed by atoms with Gasteiger partial charge in [-0.3, -0.25) is 4.90 Å². The van der Waals surface area contributed by atoms with E-state index in [1.165, 1.54) is 0 Å². The normalized spacial score (nSPS) is 21.4. The van der Waals surface area contributed by atoms with Crippen molar-refractivity contribution in [2.45, 2.75) is 46.2 Å². The fraction of sp³-hybridized carbons (Fsp3) is 0.857. The topological polar surface area (TPSA) is 72.9 Å². The molecule has 1 atom stereocenters. The highest BCUT2D eigenvalue weighted by atomic mass is 16.4. The average molecular weight is 285 g/mol. The Morgan fingerprint density at radius 3 is 2.20 bits per heavy atom. The molecule has 0 radical (unpaired) electrons. The number of carbonyl (C=O) groups excluding carboxylic acids is 1. The van der Waals surface area contributed by atoms with Gasteiger partial charge in [0.15, 0.2) is 0 Å². The fourth-order valence-electron chi connectivity index (χ4n) is 2.28. The largest absolute Gasteiger partial charge is 0.480 e. The highest BCUT2D eigenvalue weighted by Gasteiger charge is 2.37. The van der Waals surface area contributed by atoms with Crippen LogP contribution in [0.4, 0.5) is 4.79 Å². The van der Waals surface area contributed by atoms with Gasteiger partial charge >= 0.3 is 12.0 Å². The Morgan fingerprint density at radius 2 is 1.80 bits per heavy atom. The second kappa shape index (κ2) is 5.60. The standard InChI is InChI=1S/C14H27N3O3/c1-13(2,3)10(11(18)19)15-12(20)17-8-7-16(6)14(4,5)9-17/h10H,7-9H2,1-6H3,(H,15,20)(H,18,19). The van der Waals surface area contributed by atoms with Crippen LogP contribution in [0.5, 0.6) is 0 Å². The molecule has 6 nitrogen and oxygen atoms in total. The number of nitrogens with zero attached hydrogens (tertiary/aromatic N) is 2. The summed E-state index contributed by atoms with van der Waals surface area (Å²) in [6.07, 6.45) is 0. The van der Waals surface area contributed by atoms with Crippen LogP contribution in [0.1, 0.15) is 34.6 Å². The van der Waals surface area contributed by atoms with E-state index in [-0.39, 0.29) is 11.6 Å². The molecule has 20 heavy (non-hydrogen) atoms. The van der Waals surface area contributed by atoms with Crippen LogP contribution in [0.3, 0.4) is 0 Å². The van der Waals surface area contributed by atoms with Crippen LogP contribution in [0, 0.1) is 5.41 Å². The summed E-state index contributed by atoms with van der Waals surface area (Å²) in [5.74, 6) is -1.00. The summed E-state index contributed by atoms with van der Waals surface area (Å²) in [7, 11) is 2.03. The summed E-state index contributed by atoms with van der Waals surface area (Å²) < 4.78 is 0. The molecule has 1 rings (SSSR count). The third-order valence-corrected chi connectivity index (χ3v) is 3.98.